The van der Waals surface area contributed by atoms with Gasteiger partial charge in [-0.3, -0.25) is 0 Å². The lowest BCUT2D eigenvalue weighted by molar-refractivity contribution is 0.230. The van der Waals surface area contributed by atoms with Gasteiger partial charge in [0.2, 0.25) is 0 Å². The van der Waals surface area contributed by atoms with Gasteiger partial charge in [0.1, 0.15) is 5.82 Å². The molecule has 1 fully saturated rings. The Morgan fingerprint density at radius 2 is 1.81 bits per heavy atom. The van der Waals surface area contributed by atoms with Gasteiger partial charge in [-0.15, -0.1) is 0 Å². The van der Waals surface area contributed by atoms with Crippen LogP contribution in [-0.2, 0) is 0 Å². The Kier molecular flexibility index (Phi) is 6.24. The molecule has 0 aliphatic carbocycles. The molecule has 165 valence electrons. The minimum absolute atomic E-state index is 0.115. The molecule has 4 nitrogen and oxygen atoms in total. The molecule has 1 N–H and O–H groups in total. The molecule has 4 rings (SSSR count). The highest BCUT2D eigenvalue weighted by molar-refractivity contribution is 5.92. The molecule has 2 aromatic carbocycles. The topological polar surface area (TPSA) is 37.5 Å². The van der Waals surface area contributed by atoms with Gasteiger partial charge in [0.15, 0.2) is 11.5 Å². The van der Waals surface area contributed by atoms with E-state index in [9.17, 15) is 0 Å². The fraction of sp³-hybridized carbons (Fsp3) is 0.423. The van der Waals surface area contributed by atoms with Crippen molar-refractivity contribution in [2.24, 2.45) is 0 Å². The molecular formula is C26H32FN2O2. The Bertz CT molecular complexity index is 1060. The third kappa shape index (κ3) is 4.03. The van der Waals surface area contributed by atoms with Crippen molar-refractivity contribution < 1.29 is 13.9 Å². The molecule has 1 aliphatic heterocycles. The summed E-state index contributed by atoms with van der Waals surface area (Å²) in [5.74, 6) is 1.79. The summed E-state index contributed by atoms with van der Waals surface area (Å²) in [6, 6.07) is 9.66. The molecule has 31 heavy (non-hydrogen) atoms. The minimum atomic E-state index is -0.115. The summed E-state index contributed by atoms with van der Waals surface area (Å²) in [5.41, 5.74) is 4.90. The van der Waals surface area contributed by atoms with Crippen molar-refractivity contribution in [1.29, 1.82) is 0 Å². The predicted molar refractivity (Wildman–Crippen MR) is 125 cm³/mol. The van der Waals surface area contributed by atoms with E-state index >= 15 is 4.39 Å². The summed E-state index contributed by atoms with van der Waals surface area (Å²) in [6.07, 6.45) is 1.95. The molecule has 0 atom stereocenters. The number of hydrogen-bond donors (Lipinski definition) is 1. The Balaban J connectivity index is 1.81. The number of piperidine rings is 1. The van der Waals surface area contributed by atoms with Crippen molar-refractivity contribution in [2.75, 3.05) is 33.9 Å². The fourth-order valence-electron chi connectivity index (χ4n) is 4.85. The highest BCUT2D eigenvalue weighted by atomic mass is 19.1. The fourth-order valence-corrected chi connectivity index (χ4v) is 4.85. The lowest BCUT2D eigenvalue weighted by Crippen LogP contribution is -2.32. The van der Waals surface area contributed by atoms with E-state index in [4.69, 9.17) is 9.47 Å². The molecule has 0 unspecified atom stereocenters. The lowest BCUT2D eigenvalue weighted by Gasteiger charge is -2.31. The standard InChI is InChI=1S/C26H32FN2O2/c1-6-29-11-9-17(10-12-29)19-14-20-22(15-21(19)27)28-26(25(20)16(2)3)18-7-8-23(30-4)24(13-18)31-5/h7-8,13-17,28H,1,6,9-12H2,2-5H3. The Hall–Kier alpha value is -2.53. The second kappa shape index (κ2) is 8.91. The largest absolute Gasteiger partial charge is 0.493 e. The minimum Gasteiger partial charge on any atom is -0.493 e. The van der Waals surface area contributed by atoms with Gasteiger partial charge in [-0.1, -0.05) is 13.8 Å². The summed E-state index contributed by atoms with van der Waals surface area (Å²) in [4.78, 5) is 5.82. The van der Waals surface area contributed by atoms with Crippen LogP contribution in [0.1, 0.15) is 49.7 Å². The van der Waals surface area contributed by atoms with Gasteiger partial charge in [-0.25, -0.2) is 4.39 Å². The first-order chi connectivity index (χ1) is 15.0. The highest BCUT2D eigenvalue weighted by Crippen LogP contribution is 2.41. The molecule has 1 radical (unpaired) electrons. The third-order valence-corrected chi connectivity index (χ3v) is 6.55. The zero-order valence-corrected chi connectivity index (χ0v) is 18.9. The molecule has 0 amide bonds. The maximum atomic E-state index is 15.2. The Morgan fingerprint density at radius 1 is 1.10 bits per heavy atom. The molecule has 3 aromatic rings. The van der Waals surface area contributed by atoms with Crippen LogP contribution in [0.2, 0.25) is 0 Å². The normalized spacial score (nSPS) is 15.7. The molecule has 1 aromatic heterocycles. The van der Waals surface area contributed by atoms with Crippen LogP contribution in [0.5, 0.6) is 11.5 Å². The molecule has 1 aliphatic rings. The van der Waals surface area contributed by atoms with Crippen molar-refractivity contribution in [2.45, 2.75) is 38.5 Å². The summed E-state index contributed by atoms with van der Waals surface area (Å²) < 4.78 is 26.0. The van der Waals surface area contributed by atoms with Crippen molar-refractivity contribution in [3.63, 3.8) is 0 Å². The Labute approximate surface area is 184 Å². The monoisotopic (exact) mass is 423 g/mol. The predicted octanol–water partition coefficient (Wildman–Crippen LogP) is 6.13. The number of nitrogens with zero attached hydrogens (tertiary/aromatic N) is 1. The first-order valence-electron chi connectivity index (χ1n) is 11.1. The van der Waals surface area contributed by atoms with Crippen molar-refractivity contribution in [1.82, 2.24) is 9.88 Å². The van der Waals surface area contributed by atoms with Crippen LogP contribution in [0, 0.1) is 12.7 Å². The number of rotatable bonds is 6. The third-order valence-electron chi connectivity index (χ3n) is 6.55. The summed E-state index contributed by atoms with van der Waals surface area (Å²) in [6.45, 7) is 11.1. The molecular weight excluding hydrogens is 391 g/mol. The van der Waals surface area contributed by atoms with Gasteiger partial charge < -0.3 is 19.4 Å². The summed E-state index contributed by atoms with van der Waals surface area (Å²) >= 11 is 0. The van der Waals surface area contributed by atoms with E-state index in [1.54, 1.807) is 20.3 Å². The van der Waals surface area contributed by atoms with Gasteiger partial charge in [0.05, 0.1) is 19.9 Å². The Morgan fingerprint density at radius 3 is 2.42 bits per heavy atom. The lowest BCUT2D eigenvalue weighted by atomic mass is 9.87. The van der Waals surface area contributed by atoms with E-state index in [0.717, 1.165) is 60.2 Å². The zero-order valence-electron chi connectivity index (χ0n) is 18.9. The van der Waals surface area contributed by atoms with E-state index in [1.165, 1.54) is 5.56 Å². The van der Waals surface area contributed by atoms with Crippen molar-refractivity contribution >= 4 is 10.9 Å². The SMILES string of the molecule is [CH2]CN1CCC(c2cc3c(C(C)C)c(-c4ccc(OC)c(OC)c4)[nH]c3cc2F)CC1. The van der Waals surface area contributed by atoms with Crippen LogP contribution in [0.3, 0.4) is 0 Å². The van der Waals surface area contributed by atoms with Gasteiger partial charge >= 0.3 is 0 Å². The molecule has 0 spiro atoms. The van der Waals surface area contributed by atoms with Crippen LogP contribution < -0.4 is 9.47 Å². The van der Waals surface area contributed by atoms with Crippen LogP contribution in [0.15, 0.2) is 30.3 Å². The van der Waals surface area contributed by atoms with Crippen LogP contribution >= 0.6 is 0 Å². The number of hydrogen-bond acceptors (Lipinski definition) is 3. The average Bonchev–Trinajstić information content (AvgIpc) is 3.16. The van der Waals surface area contributed by atoms with Crippen LogP contribution in [0.25, 0.3) is 22.2 Å². The molecule has 1 saturated heterocycles. The number of ether oxygens (including phenoxy) is 2. The van der Waals surface area contributed by atoms with E-state index in [0.29, 0.717) is 11.5 Å². The average molecular weight is 424 g/mol. The first-order valence-corrected chi connectivity index (χ1v) is 11.1. The van der Waals surface area contributed by atoms with E-state index in [-0.39, 0.29) is 17.7 Å². The number of nitrogens with one attached hydrogen (secondary N) is 1. The van der Waals surface area contributed by atoms with Crippen molar-refractivity contribution in [3.05, 3.63) is 54.2 Å². The molecule has 0 bridgehead atoms. The molecule has 2 heterocycles. The van der Waals surface area contributed by atoms with E-state index in [2.05, 4.69) is 36.7 Å². The summed E-state index contributed by atoms with van der Waals surface area (Å²) in [5, 5.41) is 1.11. The number of methoxy groups -OCH3 is 2. The van der Waals surface area contributed by atoms with E-state index in [1.807, 2.05) is 18.2 Å². The number of aromatic nitrogens is 1. The number of halogens is 1. The molecule has 0 saturated carbocycles. The number of aromatic amines is 1. The number of benzene rings is 2. The highest BCUT2D eigenvalue weighted by Gasteiger charge is 2.25. The second-order valence-electron chi connectivity index (χ2n) is 8.67. The quantitative estimate of drug-likeness (QED) is 0.518. The van der Waals surface area contributed by atoms with E-state index < -0.39 is 0 Å². The van der Waals surface area contributed by atoms with Crippen molar-refractivity contribution in [3.8, 4) is 22.8 Å². The van der Waals surface area contributed by atoms with Gasteiger partial charge in [0, 0.05) is 16.5 Å². The van der Waals surface area contributed by atoms with Gasteiger partial charge in [-0.2, -0.15) is 0 Å². The molecule has 5 heteroatoms. The zero-order chi connectivity index (χ0) is 22.1. The number of fused-ring (bicyclic) bond motifs is 1. The number of likely N-dealkylation sites (tertiary alicyclic amines) is 1. The van der Waals surface area contributed by atoms with Gasteiger partial charge in [-0.05, 0) is 92.7 Å². The summed E-state index contributed by atoms with van der Waals surface area (Å²) in [7, 11) is 3.27. The van der Waals surface area contributed by atoms with Crippen LogP contribution in [0.4, 0.5) is 4.39 Å². The van der Waals surface area contributed by atoms with Crippen LogP contribution in [-0.4, -0.2) is 43.7 Å². The smallest absolute Gasteiger partial charge is 0.161 e. The first kappa shape index (κ1) is 21.7. The van der Waals surface area contributed by atoms with Gasteiger partial charge in [0.25, 0.3) is 0 Å². The maximum absolute atomic E-state index is 15.2. The second-order valence-corrected chi connectivity index (χ2v) is 8.67. The maximum Gasteiger partial charge on any atom is 0.161 e. The number of H-pyrrole nitrogens is 1.